The van der Waals surface area contributed by atoms with Crippen molar-refractivity contribution in [3.63, 3.8) is 0 Å². The van der Waals surface area contributed by atoms with E-state index in [1.807, 2.05) is 7.05 Å². The van der Waals surface area contributed by atoms with E-state index in [4.69, 9.17) is 5.11 Å². The van der Waals surface area contributed by atoms with E-state index in [0.29, 0.717) is 0 Å². The molecule has 0 amide bonds. The molecule has 4 nitrogen and oxygen atoms in total. The fraction of sp³-hybridized carbons (Fsp3) is 0.833. The number of aliphatic hydroxyl groups is 1. The molecular weight excluding hydrogens is 202 g/mol. The average molecular weight is 229 g/mol. The van der Waals surface area contributed by atoms with Crippen LogP contribution in [0.2, 0.25) is 0 Å². The Morgan fingerprint density at radius 3 is 2.31 bits per heavy atom. The van der Waals surface area contributed by atoms with Crippen molar-refractivity contribution in [2.45, 2.75) is 32.7 Å². The third-order valence-corrected chi connectivity index (χ3v) is 2.61. The number of allylic oxidation sites excluding steroid dienone is 1. The maximum absolute atomic E-state index is 7.69. The molecule has 0 aromatic rings. The van der Waals surface area contributed by atoms with Crippen LogP contribution in [0.25, 0.3) is 0 Å². The van der Waals surface area contributed by atoms with E-state index in [9.17, 15) is 0 Å². The van der Waals surface area contributed by atoms with Gasteiger partial charge in [0.15, 0.2) is 0 Å². The fourth-order valence-electron chi connectivity index (χ4n) is 1.81. The number of rotatable bonds is 4. The number of nitrogens with one attached hydrogen (secondary N) is 2. The van der Waals surface area contributed by atoms with Gasteiger partial charge in [-0.3, -0.25) is 4.90 Å². The Kier molecular flexibility index (Phi) is 10.5. The van der Waals surface area contributed by atoms with Crippen molar-refractivity contribution in [2.75, 3.05) is 33.4 Å². The Morgan fingerprint density at radius 2 is 1.94 bits per heavy atom. The van der Waals surface area contributed by atoms with Crippen LogP contribution in [-0.2, 0) is 0 Å². The number of aliphatic hydroxyl groups excluding tert-OH is 1. The average Bonchev–Trinajstić information content (AvgIpc) is 2.33. The second kappa shape index (κ2) is 10.9. The van der Waals surface area contributed by atoms with Gasteiger partial charge in [-0.15, -0.1) is 0 Å². The van der Waals surface area contributed by atoms with E-state index >= 15 is 0 Å². The fourth-order valence-corrected chi connectivity index (χ4v) is 1.81. The first kappa shape index (κ1) is 15.4. The molecule has 1 saturated heterocycles. The zero-order valence-electron chi connectivity index (χ0n) is 10.9. The van der Waals surface area contributed by atoms with Gasteiger partial charge in [-0.05, 0) is 33.4 Å². The van der Waals surface area contributed by atoms with Gasteiger partial charge < -0.3 is 15.7 Å². The summed E-state index contributed by atoms with van der Waals surface area (Å²) >= 11 is 0. The number of likely N-dealkylation sites (tertiary alicyclic amines) is 1. The Morgan fingerprint density at radius 1 is 1.38 bits per heavy atom. The molecule has 1 rings (SSSR count). The van der Waals surface area contributed by atoms with E-state index in [1.54, 1.807) is 13.0 Å². The molecule has 96 valence electrons. The molecular formula is C12H27N3O. The molecule has 4 heteroatoms. The van der Waals surface area contributed by atoms with Crippen LogP contribution in [0.1, 0.15) is 26.7 Å². The minimum Gasteiger partial charge on any atom is -0.516 e. The summed E-state index contributed by atoms with van der Waals surface area (Å²) < 4.78 is 0. The molecule has 1 aliphatic rings. The van der Waals surface area contributed by atoms with Gasteiger partial charge in [-0.1, -0.05) is 13.0 Å². The molecule has 0 saturated carbocycles. The SMILES string of the molecule is C/C=C/O.CCNC1CCN(CNC)CC1. The molecule has 3 N–H and O–H groups in total. The molecule has 0 radical (unpaired) electrons. The number of hydrogen-bond donors (Lipinski definition) is 3. The highest BCUT2D eigenvalue weighted by Crippen LogP contribution is 2.08. The van der Waals surface area contributed by atoms with Crippen LogP contribution >= 0.6 is 0 Å². The Balaban J connectivity index is 0.000000487. The maximum atomic E-state index is 7.69. The van der Waals surface area contributed by atoms with Crippen LogP contribution in [0, 0.1) is 0 Å². The van der Waals surface area contributed by atoms with Gasteiger partial charge in [0.1, 0.15) is 0 Å². The Labute approximate surface area is 99.7 Å². The third-order valence-electron chi connectivity index (χ3n) is 2.61. The summed E-state index contributed by atoms with van der Waals surface area (Å²) in [4.78, 5) is 2.47. The normalized spacial score (nSPS) is 18.4. The molecule has 0 aliphatic carbocycles. The molecule has 0 atom stereocenters. The summed E-state index contributed by atoms with van der Waals surface area (Å²) in [5, 5.41) is 14.4. The highest BCUT2D eigenvalue weighted by molar-refractivity contribution is 4.75. The first-order valence-electron chi connectivity index (χ1n) is 6.14. The van der Waals surface area contributed by atoms with Crippen molar-refractivity contribution in [2.24, 2.45) is 0 Å². The highest BCUT2D eigenvalue weighted by atomic mass is 16.2. The van der Waals surface area contributed by atoms with E-state index in [1.165, 1.54) is 25.9 Å². The minimum atomic E-state index is 0.767. The summed E-state index contributed by atoms with van der Waals surface area (Å²) in [5.41, 5.74) is 0. The van der Waals surface area contributed by atoms with Crippen LogP contribution in [0.4, 0.5) is 0 Å². The number of nitrogens with zero attached hydrogens (tertiary/aromatic N) is 1. The predicted octanol–water partition coefficient (Wildman–Crippen LogP) is 1.32. The summed E-state index contributed by atoms with van der Waals surface area (Å²) in [6, 6.07) is 0.767. The first-order chi connectivity index (χ1) is 7.78. The zero-order chi connectivity index (χ0) is 12.2. The topological polar surface area (TPSA) is 47.5 Å². The first-order valence-corrected chi connectivity index (χ1v) is 6.14. The standard InChI is InChI=1S/C9H21N3.C3H6O/c1-3-11-9-4-6-12(7-5-9)8-10-2;1-2-3-4/h9-11H,3-8H2,1-2H3;2-4H,1H3/b;3-2+. The predicted molar refractivity (Wildman–Crippen MR) is 69.6 cm³/mol. The van der Waals surface area contributed by atoms with Gasteiger partial charge in [-0.25, -0.2) is 0 Å². The third kappa shape index (κ3) is 7.68. The summed E-state index contributed by atoms with van der Waals surface area (Å²) in [5.74, 6) is 0. The molecule has 0 bridgehead atoms. The lowest BCUT2D eigenvalue weighted by molar-refractivity contribution is 0.190. The number of hydrogen-bond acceptors (Lipinski definition) is 4. The second-order valence-electron chi connectivity index (χ2n) is 3.94. The molecule has 0 aromatic carbocycles. The van der Waals surface area contributed by atoms with Crippen molar-refractivity contribution in [3.05, 3.63) is 12.3 Å². The lowest BCUT2D eigenvalue weighted by Gasteiger charge is -2.31. The van der Waals surface area contributed by atoms with Gasteiger partial charge in [0.05, 0.1) is 6.26 Å². The summed E-state index contributed by atoms with van der Waals surface area (Å²) in [7, 11) is 2.01. The van der Waals surface area contributed by atoms with Crippen LogP contribution in [0.15, 0.2) is 12.3 Å². The molecule has 1 aliphatic heterocycles. The largest absolute Gasteiger partial charge is 0.516 e. The van der Waals surface area contributed by atoms with Crippen molar-refractivity contribution in [1.82, 2.24) is 15.5 Å². The smallest absolute Gasteiger partial charge is 0.0748 e. The van der Waals surface area contributed by atoms with Gasteiger partial charge in [0.2, 0.25) is 0 Å². The molecule has 0 aromatic heterocycles. The molecule has 0 unspecified atom stereocenters. The van der Waals surface area contributed by atoms with E-state index < -0.39 is 0 Å². The van der Waals surface area contributed by atoms with Crippen LogP contribution < -0.4 is 10.6 Å². The Hall–Kier alpha value is -0.580. The van der Waals surface area contributed by atoms with Crippen molar-refractivity contribution in [3.8, 4) is 0 Å². The van der Waals surface area contributed by atoms with Gasteiger partial charge in [0, 0.05) is 25.8 Å². The van der Waals surface area contributed by atoms with Crippen LogP contribution in [-0.4, -0.2) is 49.4 Å². The number of piperidine rings is 1. The summed E-state index contributed by atoms with van der Waals surface area (Å²) in [6.45, 7) is 8.55. The van der Waals surface area contributed by atoms with Gasteiger partial charge in [-0.2, -0.15) is 0 Å². The van der Waals surface area contributed by atoms with Crippen molar-refractivity contribution < 1.29 is 5.11 Å². The lowest BCUT2D eigenvalue weighted by atomic mass is 10.1. The highest BCUT2D eigenvalue weighted by Gasteiger charge is 2.16. The minimum absolute atomic E-state index is 0.767. The molecule has 1 fully saturated rings. The molecule has 0 spiro atoms. The maximum Gasteiger partial charge on any atom is 0.0748 e. The second-order valence-corrected chi connectivity index (χ2v) is 3.94. The lowest BCUT2D eigenvalue weighted by Crippen LogP contribution is -2.44. The van der Waals surface area contributed by atoms with E-state index in [2.05, 4.69) is 22.5 Å². The summed E-state index contributed by atoms with van der Waals surface area (Å²) in [6.07, 6.45) is 5.16. The van der Waals surface area contributed by atoms with Gasteiger partial charge >= 0.3 is 0 Å². The zero-order valence-corrected chi connectivity index (χ0v) is 10.9. The quantitative estimate of drug-likeness (QED) is 0.636. The monoisotopic (exact) mass is 229 g/mol. The van der Waals surface area contributed by atoms with Crippen LogP contribution in [0.3, 0.4) is 0 Å². The van der Waals surface area contributed by atoms with Crippen LogP contribution in [0.5, 0.6) is 0 Å². The van der Waals surface area contributed by atoms with Crippen molar-refractivity contribution in [1.29, 1.82) is 0 Å². The Bertz CT molecular complexity index is 148. The van der Waals surface area contributed by atoms with Crippen molar-refractivity contribution >= 4 is 0 Å². The van der Waals surface area contributed by atoms with E-state index in [0.717, 1.165) is 25.5 Å². The molecule has 16 heavy (non-hydrogen) atoms. The molecule has 1 heterocycles. The van der Waals surface area contributed by atoms with Gasteiger partial charge in [0.25, 0.3) is 0 Å². The van der Waals surface area contributed by atoms with E-state index in [-0.39, 0.29) is 0 Å².